The lowest BCUT2D eigenvalue weighted by molar-refractivity contribution is -0.140. The van der Waals surface area contributed by atoms with Gasteiger partial charge >= 0.3 is 0 Å². The van der Waals surface area contributed by atoms with Crippen molar-refractivity contribution in [2.24, 2.45) is 0 Å². The minimum absolute atomic E-state index is 0.0629. The van der Waals surface area contributed by atoms with Crippen molar-refractivity contribution < 1.29 is 14.6 Å². The third kappa shape index (κ3) is 3.23. The Bertz CT molecular complexity index is 413. The summed E-state index contributed by atoms with van der Waals surface area (Å²) in [5.74, 6) is 0.874. The smallest absolute Gasteiger partial charge is 0.227 e. The van der Waals surface area contributed by atoms with Crippen molar-refractivity contribution in [2.75, 3.05) is 19.7 Å². The number of benzene rings is 1. The Morgan fingerprint density at radius 2 is 2.28 bits per heavy atom. The van der Waals surface area contributed by atoms with Gasteiger partial charge in [0.25, 0.3) is 0 Å². The van der Waals surface area contributed by atoms with Gasteiger partial charge in [-0.3, -0.25) is 4.79 Å². The summed E-state index contributed by atoms with van der Waals surface area (Å²) in [6, 6.07) is 7.63. The molecule has 0 atom stereocenters. The van der Waals surface area contributed by atoms with E-state index in [0.29, 0.717) is 26.1 Å². The SMILES string of the molecule is CCCOc1cccc(CC(=O)N2CC(O)C2)c1. The molecule has 1 aromatic carbocycles. The van der Waals surface area contributed by atoms with Crippen LogP contribution in [0.5, 0.6) is 5.75 Å². The average molecular weight is 249 g/mol. The van der Waals surface area contributed by atoms with Crippen LogP contribution < -0.4 is 4.74 Å². The summed E-state index contributed by atoms with van der Waals surface area (Å²) in [5.41, 5.74) is 0.954. The molecule has 0 unspecified atom stereocenters. The maximum atomic E-state index is 11.8. The number of aliphatic hydroxyl groups is 1. The second-order valence-corrected chi connectivity index (χ2v) is 4.63. The lowest BCUT2D eigenvalue weighted by Gasteiger charge is -2.35. The van der Waals surface area contributed by atoms with E-state index in [1.807, 2.05) is 24.3 Å². The first-order chi connectivity index (χ1) is 8.69. The van der Waals surface area contributed by atoms with Crippen molar-refractivity contribution >= 4 is 5.91 Å². The summed E-state index contributed by atoms with van der Waals surface area (Å²) in [6.45, 7) is 3.67. The van der Waals surface area contributed by atoms with E-state index in [1.165, 1.54) is 0 Å². The molecule has 0 bridgehead atoms. The van der Waals surface area contributed by atoms with Crippen molar-refractivity contribution in [3.63, 3.8) is 0 Å². The molecule has 1 aromatic rings. The van der Waals surface area contributed by atoms with Crippen LogP contribution in [0.15, 0.2) is 24.3 Å². The predicted molar refractivity (Wildman–Crippen MR) is 68.5 cm³/mol. The van der Waals surface area contributed by atoms with Crippen LogP contribution in [0.25, 0.3) is 0 Å². The highest BCUT2D eigenvalue weighted by molar-refractivity contribution is 5.79. The van der Waals surface area contributed by atoms with E-state index < -0.39 is 0 Å². The van der Waals surface area contributed by atoms with Crippen LogP contribution in [0.2, 0.25) is 0 Å². The van der Waals surface area contributed by atoms with Gasteiger partial charge in [0.05, 0.1) is 19.1 Å². The largest absolute Gasteiger partial charge is 0.494 e. The summed E-state index contributed by atoms with van der Waals surface area (Å²) in [6.07, 6.45) is 0.999. The summed E-state index contributed by atoms with van der Waals surface area (Å²) in [7, 11) is 0. The average Bonchev–Trinajstić information content (AvgIpc) is 2.33. The Morgan fingerprint density at radius 3 is 2.94 bits per heavy atom. The molecule has 0 saturated carbocycles. The van der Waals surface area contributed by atoms with E-state index in [9.17, 15) is 4.79 Å². The minimum Gasteiger partial charge on any atom is -0.494 e. The number of amides is 1. The maximum Gasteiger partial charge on any atom is 0.227 e. The van der Waals surface area contributed by atoms with Gasteiger partial charge in [0.2, 0.25) is 5.91 Å². The van der Waals surface area contributed by atoms with Gasteiger partial charge in [-0.25, -0.2) is 0 Å². The van der Waals surface area contributed by atoms with Crippen LogP contribution in [0.4, 0.5) is 0 Å². The normalized spacial score (nSPS) is 15.3. The van der Waals surface area contributed by atoms with Crippen molar-refractivity contribution in [1.82, 2.24) is 4.90 Å². The van der Waals surface area contributed by atoms with Gasteiger partial charge < -0.3 is 14.7 Å². The number of likely N-dealkylation sites (tertiary alicyclic amines) is 1. The Hall–Kier alpha value is -1.55. The second kappa shape index (κ2) is 5.87. The van der Waals surface area contributed by atoms with E-state index >= 15 is 0 Å². The fraction of sp³-hybridized carbons (Fsp3) is 0.500. The van der Waals surface area contributed by atoms with Crippen molar-refractivity contribution in [3.05, 3.63) is 29.8 Å². The highest BCUT2D eigenvalue weighted by Gasteiger charge is 2.28. The Labute approximate surface area is 107 Å². The molecule has 4 nitrogen and oxygen atoms in total. The van der Waals surface area contributed by atoms with Crippen LogP contribution in [0.1, 0.15) is 18.9 Å². The van der Waals surface area contributed by atoms with Crippen LogP contribution in [-0.2, 0) is 11.2 Å². The molecule has 4 heteroatoms. The van der Waals surface area contributed by atoms with Gasteiger partial charge in [-0.05, 0) is 24.1 Å². The zero-order valence-electron chi connectivity index (χ0n) is 10.6. The Kier molecular flexibility index (Phi) is 4.20. The van der Waals surface area contributed by atoms with Gasteiger partial charge in [0, 0.05) is 13.1 Å². The van der Waals surface area contributed by atoms with Crippen LogP contribution in [0, 0.1) is 0 Å². The molecule has 0 aromatic heterocycles. The Balaban J connectivity index is 1.90. The van der Waals surface area contributed by atoms with Crippen LogP contribution in [0.3, 0.4) is 0 Å². The summed E-state index contributed by atoms with van der Waals surface area (Å²) in [4.78, 5) is 13.5. The molecule has 0 aliphatic carbocycles. The van der Waals surface area contributed by atoms with E-state index in [2.05, 4.69) is 6.92 Å². The topological polar surface area (TPSA) is 49.8 Å². The molecule has 1 N–H and O–H groups in total. The molecular weight excluding hydrogens is 230 g/mol. The second-order valence-electron chi connectivity index (χ2n) is 4.63. The summed E-state index contributed by atoms with van der Waals surface area (Å²) >= 11 is 0. The number of nitrogens with zero attached hydrogens (tertiary/aromatic N) is 1. The quantitative estimate of drug-likeness (QED) is 0.853. The molecule has 1 aliphatic rings. The molecule has 0 spiro atoms. The minimum atomic E-state index is -0.340. The number of carbonyl (C=O) groups is 1. The number of carbonyl (C=O) groups excluding carboxylic acids is 1. The van der Waals surface area contributed by atoms with E-state index in [-0.39, 0.29) is 12.0 Å². The summed E-state index contributed by atoms with van der Waals surface area (Å²) in [5, 5.41) is 9.16. The third-order valence-electron chi connectivity index (χ3n) is 2.94. The van der Waals surface area contributed by atoms with E-state index in [4.69, 9.17) is 9.84 Å². The first-order valence-electron chi connectivity index (χ1n) is 6.36. The molecular formula is C14H19NO3. The number of rotatable bonds is 5. The molecule has 1 aliphatic heterocycles. The molecule has 0 radical (unpaired) electrons. The highest BCUT2D eigenvalue weighted by Crippen LogP contribution is 2.16. The molecule has 18 heavy (non-hydrogen) atoms. The number of hydrogen-bond donors (Lipinski definition) is 1. The Morgan fingerprint density at radius 1 is 1.50 bits per heavy atom. The van der Waals surface area contributed by atoms with Gasteiger partial charge in [0.15, 0.2) is 0 Å². The first kappa shape index (κ1) is 12.9. The zero-order valence-corrected chi connectivity index (χ0v) is 10.6. The zero-order chi connectivity index (χ0) is 13.0. The van der Waals surface area contributed by atoms with Gasteiger partial charge in [-0.15, -0.1) is 0 Å². The standard InChI is InChI=1S/C14H19NO3/c1-2-6-18-13-5-3-4-11(7-13)8-14(17)15-9-12(16)10-15/h3-5,7,12,16H,2,6,8-10H2,1H3. The monoisotopic (exact) mass is 249 g/mol. The molecule has 1 amide bonds. The van der Waals surface area contributed by atoms with Crippen molar-refractivity contribution in [2.45, 2.75) is 25.9 Å². The fourth-order valence-corrected chi connectivity index (χ4v) is 1.91. The summed E-state index contributed by atoms with van der Waals surface area (Å²) < 4.78 is 5.53. The van der Waals surface area contributed by atoms with Crippen LogP contribution in [-0.4, -0.2) is 41.7 Å². The lowest BCUT2D eigenvalue weighted by atomic mass is 10.1. The maximum absolute atomic E-state index is 11.8. The lowest BCUT2D eigenvalue weighted by Crippen LogP contribution is -2.53. The molecule has 2 rings (SSSR count). The molecule has 1 heterocycles. The van der Waals surface area contributed by atoms with Gasteiger partial charge in [-0.1, -0.05) is 19.1 Å². The van der Waals surface area contributed by atoms with E-state index in [1.54, 1.807) is 4.90 Å². The van der Waals surface area contributed by atoms with E-state index in [0.717, 1.165) is 17.7 Å². The number of aliphatic hydroxyl groups excluding tert-OH is 1. The predicted octanol–water partition coefficient (Wildman–Crippen LogP) is 1.22. The van der Waals surface area contributed by atoms with Gasteiger partial charge in [0.1, 0.15) is 5.75 Å². The number of β-amino-alcohol motifs (C(OH)–C–C–N with tert-alkyl or cyclic N) is 1. The number of hydrogen-bond acceptors (Lipinski definition) is 3. The third-order valence-corrected chi connectivity index (χ3v) is 2.94. The molecule has 98 valence electrons. The molecule has 1 saturated heterocycles. The molecule has 1 fully saturated rings. The number of ether oxygens (including phenoxy) is 1. The van der Waals surface area contributed by atoms with Crippen molar-refractivity contribution in [3.8, 4) is 5.75 Å². The van der Waals surface area contributed by atoms with Crippen LogP contribution >= 0.6 is 0 Å². The van der Waals surface area contributed by atoms with Gasteiger partial charge in [-0.2, -0.15) is 0 Å². The fourth-order valence-electron chi connectivity index (χ4n) is 1.91. The highest BCUT2D eigenvalue weighted by atomic mass is 16.5. The first-order valence-corrected chi connectivity index (χ1v) is 6.36. The van der Waals surface area contributed by atoms with Crippen molar-refractivity contribution in [1.29, 1.82) is 0 Å².